The van der Waals surface area contributed by atoms with Crippen LogP contribution in [0.3, 0.4) is 0 Å². The van der Waals surface area contributed by atoms with Gasteiger partial charge in [-0.3, -0.25) is 14.9 Å². The summed E-state index contributed by atoms with van der Waals surface area (Å²) in [7, 11) is 0. The van der Waals surface area contributed by atoms with Gasteiger partial charge < -0.3 is 11.1 Å². The standard InChI is InChI=1S/C11H11Cl2N3O3/c1-5(12)9(17)15-8-4-6(2-3-7(8)13)10(18)16-11(14)19/h2-5H,1H3,(H,15,17)(H3,14,16,18,19)/t5-/m1/s1. The van der Waals surface area contributed by atoms with Gasteiger partial charge in [-0.1, -0.05) is 11.6 Å². The van der Waals surface area contributed by atoms with Crippen molar-refractivity contribution < 1.29 is 14.4 Å². The minimum absolute atomic E-state index is 0.126. The lowest BCUT2D eigenvalue weighted by Gasteiger charge is -2.10. The van der Waals surface area contributed by atoms with Crippen LogP contribution in [0.5, 0.6) is 0 Å². The number of nitrogens with two attached hydrogens (primary N) is 1. The second kappa shape index (κ2) is 6.40. The Labute approximate surface area is 119 Å². The Hall–Kier alpha value is -1.79. The molecule has 102 valence electrons. The van der Waals surface area contributed by atoms with Crippen molar-refractivity contribution in [1.82, 2.24) is 5.32 Å². The van der Waals surface area contributed by atoms with Crippen LogP contribution < -0.4 is 16.4 Å². The fourth-order valence-electron chi connectivity index (χ4n) is 1.18. The van der Waals surface area contributed by atoms with E-state index in [9.17, 15) is 14.4 Å². The van der Waals surface area contributed by atoms with E-state index in [-0.39, 0.29) is 16.3 Å². The molecule has 0 heterocycles. The third kappa shape index (κ3) is 4.42. The number of primary amides is 1. The minimum atomic E-state index is -0.972. The number of alkyl halides is 1. The van der Waals surface area contributed by atoms with Gasteiger partial charge in [0.25, 0.3) is 5.91 Å². The first-order valence-corrected chi connectivity index (χ1v) is 5.98. The third-order valence-electron chi connectivity index (χ3n) is 2.08. The number of halogens is 2. The lowest BCUT2D eigenvalue weighted by Crippen LogP contribution is -2.35. The molecule has 1 aromatic carbocycles. The van der Waals surface area contributed by atoms with Crippen molar-refractivity contribution in [2.45, 2.75) is 12.3 Å². The maximum Gasteiger partial charge on any atom is 0.319 e. The van der Waals surface area contributed by atoms with Crippen LogP contribution in [0.15, 0.2) is 18.2 Å². The molecule has 6 nitrogen and oxygen atoms in total. The number of nitrogens with one attached hydrogen (secondary N) is 2. The van der Waals surface area contributed by atoms with Crippen LogP contribution in [-0.4, -0.2) is 23.2 Å². The summed E-state index contributed by atoms with van der Waals surface area (Å²) in [6.07, 6.45) is 0. The van der Waals surface area contributed by atoms with Crippen molar-refractivity contribution in [3.8, 4) is 0 Å². The van der Waals surface area contributed by atoms with Gasteiger partial charge in [0.15, 0.2) is 0 Å². The fourth-order valence-corrected chi connectivity index (χ4v) is 1.40. The summed E-state index contributed by atoms with van der Waals surface area (Å²) in [5, 5.41) is 3.85. The molecule has 1 rings (SSSR count). The molecule has 0 unspecified atom stereocenters. The molecule has 0 fully saturated rings. The largest absolute Gasteiger partial charge is 0.351 e. The summed E-state index contributed by atoms with van der Waals surface area (Å²) >= 11 is 11.5. The van der Waals surface area contributed by atoms with E-state index in [1.165, 1.54) is 25.1 Å². The van der Waals surface area contributed by atoms with E-state index < -0.39 is 23.2 Å². The van der Waals surface area contributed by atoms with Gasteiger partial charge in [0.2, 0.25) is 5.91 Å². The van der Waals surface area contributed by atoms with E-state index in [0.717, 1.165) is 0 Å². The zero-order valence-corrected chi connectivity index (χ0v) is 11.4. The van der Waals surface area contributed by atoms with E-state index >= 15 is 0 Å². The number of carbonyl (C=O) groups excluding carboxylic acids is 3. The smallest absolute Gasteiger partial charge is 0.319 e. The molecule has 0 aliphatic heterocycles. The van der Waals surface area contributed by atoms with Gasteiger partial charge in [-0.2, -0.15) is 0 Å². The number of hydrogen-bond acceptors (Lipinski definition) is 3. The molecule has 1 aromatic rings. The highest BCUT2D eigenvalue weighted by atomic mass is 35.5. The Morgan fingerprint density at radius 1 is 1.32 bits per heavy atom. The number of benzene rings is 1. The Balaban J connectivity index is 2.97. The van der Waals surface area contributed by atoms with Gasteiger partial charge in [0, 0.05) is 5.56 Å². The molecule has 0 aliphatic rings. The number of urea groups is 1. The molecule has 0 spiro atoms. The highest BCUT2D eigenvalue weighted by Crippen LogP contribution is 2.23. The van der Waals surface area contributed by atoms with Crippen LogP contribution in [0.25, 0.3) is 0 Å². The molecule has 0 saturated carbocycles. The Morgan fingerprint density at radius 3 is 2.47 bits per heavy atom. The van der Waals surface area contributed by atoms with Crippen molar-refractivity contribution in [2.24, 2.45) is 5.73 Å². The second-order valence-corrected chi connectivity index (χ2v) is 4.68. The summed E-state index contributed by atoms with van der Waals surface area (Å²) in [6.45, 7) is 1.49. The lowest BCUT2D eigenvalue weighted by molar-refractivity contribution is -0.115. The van der Waals surface area contributed by atoms with Crippen molar-refractivity contribution in [3.05, 3.63) is 28.8 Å². The van der Waals surface area contributed by atoms with Crippen molar-refractivity contribution in [2.75, 3.05) is 5.32 Å². The molecule has 0 aliphatic carbocycles. The molecule has 4 N–H and O–H groups in total. The molecule has 0 aromatic heterocycles. The summed E-state index contributed by atoms with van der Waals surface area (Å²) in [4.78, 5) is 33.6. The van der Waals surface area contributed by atoms with E-state index in [2.05, 4.69) is 5.32 Å². The first-order chi connectivity index (χ1) is 8.81. The quantitative estimate of drug-likeness (QED) is 0.741. The van der Waals surface area contributed by atoms with E-state index in [1.54, 1.807) is 0 Å². The molecule has 4 amide bonds. The van der Waals surface area contributed by atoms with Crippen molar-refractivity contribution in [3.63, 3.8) is 0 Å². The number of amides is 4. The van der Waals surface area contributed by atoms with Crippen molar-refractivity contribution in [1.29, 1.82) is 0 Å². The van der Waals surface area contributed by atoms with Crippen LogP contribution in [0.2, 0.25) is 5.02 Å². The normalized spacial score (nSPS) is 11.5. The summed E-state index contributed by atoms with van der Waals surface area (Å²) in [5.41, 5.74) is 5.18. The van der Waals surface area contributed by atoms with Gasteiger partial charge in [-0.25, -0.2) is 4.79 Å². The Morgan fingerprint density at radius 2 is 1.95 bits per heavy atom. The molecule has 1 atom stereocenters. The van der Waals surface area contributed by atoms with Crippen molar-refractivity contribution >= 4 is 46.7 Å². The van der Waals surface area contributed by atoms with Crippen LogP contribution in [0.4, 0.5) is 10.5 Å². The Bertz CT molecular complexity index is 532. The van der Waals surface area contributed by atoms with Gasteiger partial charge >= 0.3 is 6.03 Å². The minimum Gasteiger partial charge on any atom is -0.351 e. The number of hydrogen-bond donors (Lipinski definition) is 3. The predicted molar refractivity (Wildman–Crippen MR) is 72.4 cm³/mol. The van der Waals surface area contributed by atoms with Crippen LogP contribution in [-0.2, 0) is 4.79 Å². The summed E-state index contributed by atoms with van der Waals surface area (Å²) < 4.78 is 0. The topological polar surface area (TPSA) is 101 Å². The second-order valence-electron chi connectivity index (χ2n) is 3.62. The predicted octanol–water partition coefficient (Wildman–Crippen LogP) is 1.71. The average Bonchev–Trinajstić information content (AvgIpc) is 2.30. The fraction of sp³-hybridized carbons (Fsp3) is 0.182. The lowest BCUT2D eigenvalue weighted by atomic mass is 10.2. The molecule has 0 radical (unpaired) electrons. The number of rotatable bonds is 3. The monoisotopic (exact) mass is 303 g/mol. The molecule has 19 heavy (non-hydrogen) atoms. The first-order valence-electron chi connectivity index (χ1n) is 5.16. The maximum atomic E-state index is 11.5. The average molecular weight is 304 g/mol. The number of carbonyl (C=O) groups is 3. The summed E-state index contributed by atoms with van der Waals surface area (Å²) in [6, 6.07) is 3.14. The van der Waals surface area contributed by atoms with Gasteiger partial charge in [0.05, 0.1) is 10.7 Å². The Kier molecular flexibility index (Phi) is 5.14. The van der Waals surface area contributed by atoms with Gasteiger partial charge in [0.1, 0.15) is 5.38 Å². The number of anilines is 1. The zero-order chi connectivity index (χ0) is 14.6. The highest BCUT2D eigenvalue weighted by Gasteiger charge is 2.14. The van der Waals surface area contributed by atoms with E-state index in [1.807, 2.05) is 5.32 Å². The SMILES string of the molecule is C[C@@H](Cl)C(=O)Nc1cc(C(=O)NC(N)=O)ccc1Cl. The molecule has 8 heteroatoms. The number of imide groups is 1. The third-order valence-corrected chi connectivity index (χ3v) is 2.61. The highest BCUT2D eigenvalue weighted by molar-refractivity contribution is 6.35. The molecular formula is C11H11Cl2N3O3. The van der Waals surface area contributed by atoms with Crippen LogP contribution >= 0.6 is 23.2 Å². The van der Waals surface area contributed by atoms with Gasteiger partial charge in [-0.05, 0) is 25.1 Å². The van der Waals surface area contributed by atoms with Crippen LogP contribution in [0, 0.1) is 0 Å². The first kappa shape index (κ1) is 15.3. The van der Waals surface area contributed by atoms with Crippen LogP contribution in [0.1, 0.15) is 17.3 Å². The maximum absolute atomic E-state index is 11.5. The molecule has 0 saturated heterocycles. The van der Waals surface area contributed by atoms with E-state index in [0.29, 0.717) is 0 Å². The molecule has 0 bridgehead atoms. The zero-order valence-electron chi connectivity index (χ0n) is 9.87. The van der Waals surface area contributed by atoms with Gasteiger partial charge in [-0.15, -0.1) is 11.6 Å². The summed E-state index contributed by atoms with van der Waals surface area (Å²) in [5.74, 6) is -1.16. The molecular weight excluding hydrogens is 293 g/mol. The van der Waals surface area contributed by atoms with E-state index in [4.69, 9.17) is 28.9 Å².